The van der Waals surface area contributed by atoms with Crippen LogP contribution in [0.2, 0.25) is 0 Å². The third-order valence-electron chi connectivity index (χ3n) is 2.90. The Kier molecular flexibility index (Phi) is 3.66. The number of rotatable bonds is 2. The van der Waals surface area contributed by atoms with Crippen LogP contribution in [0.5, 0.6) is 0 Å². The number of nitrogens with one attached hydrogen (secondary N) is 1. The van der Waals surface area contributed by atoms with Crippen LogP contribution in [-0.4, -0.2) is 45.8 Å². The molecule has 1 aromatic carbocycles. The Labute approximate surface area is 108 Å². The van der Waals surface area contributed by atoms with Gasteiger partial charge in [0.15, 0.2) is 0 Å². The van der Waals surface area contributed by atoms with Crippen molar-refractivity contribution in [1.82, 2.24) is 4.90 Å². The molecule has 1 fully saturated rings. The molecule has 0 bridgehead atoms. The van der Waals surface area contributed by atoms with Gasteiger partial charge >= 0.3 is 12.0 Å². The SMILES string of the molecule is O=C(O)[C@@H]1C[C@H](O)CN1C(=O)Nc1cccc(F)c1. The fourth-order valence-corrected chi connectivity index (χ4v) is 2.03. The number of likely N-dealkylation sites (tertiary alicyclic amines) is 1. The molecule has 6 nitrogen and oxygen atoms in total. The van der Waals surface area contributed by atoms with Crippen molar-refractivity contribution in [3.05, 3.63) is 30.1 Å². The quantitative estimate of drug-likeness (QED) is 0.742. The van der Waals surface area contributed by atoms with Crippen molar-refractivity contribution in [3.8, 4) is 0 Å². The van der Waals surface area contributed by atoms with Gasteiger partial charge in [0.05, 0.1) is 6.10 Å². The van der Waals surface area contributed by atoms with Crippen LogP contribution in [0.3, 0.4) is 0 Å². The fraction of sp³-hybridized carbons (Fsp3) is 0.333. The molecule has 1 saturated heterocycles. The Morgan fingerprint density at radius 3 is 2.79 bits per heavy atom. The molecule has 0 spiro atoms. The first-order valence-electron chi connectivity index (χ1n) is 5.71. The number of urea groups is 1. The maximum absolute atomic E-state index is 13.0. The van der Waals surface area contributed by atoms with E-state index in [-0.39, 0.29) is 18.7 Å². The number of aliphatic hydroxyl groups excluding tert-OH is 1. The summed E-state index contributed by atoms with van der Waals surface area (Å²) in [6, 6.07) is 3.54. The highest BCUT2D eigenvalue weighted by Crippen LogP contribution is 2.20. The molecule has 0 unspecified atom stereocenters. The third-order valence-corrected chi connectivity index (χ3v) is 2.90. The number of carbonyl (C=O) groups is 2. The standard InChI is InChI=1S/C12H13FN2O4/c13-7-2-1-3-8(4-7)14-12(19)15-6-9(16)5-10(15)11(17)18/h1-4,9-10,16H,5-6H2,(H,14,19)(H,17,18)/t9-,10-/m0/s1. The van der Waals surface area contributed by atoms with Crippen LogP contribution in [0.1, 0.15) is 6.42 Å². The molecule has 2 rings (SSSR count). The minimum Gasteiger partial charge on any atom is -0.480 e. The highest BCUT2D eigenvalue weighted by molar-refractivity contribution is 5.92. The van der Waals surface area contributed by atoms with Gasteiger partial charge in [-0.25, -0.2) is 14.0 Å². The summed E-state index contributed by atoms with van der Waals surface area (Å²) >= 11 is 0. The Morgan fingerprint density at radius 1 is 1.42 bits per heavy atom. The van der Waals surface area contributed by atoms with Gasteiger partial charge in [-0.2, -0.15) is 0 Å². The number of carboxylic acids is 1. The first kappa shape index (κ1) is 13.3. The molecule has 1 aromatic rings. The van der Waals surface area contributed by atoms with Gasteiger partial charge in [0.25, 0.3) is 0 Å². The molecule has 0 radical (unpaired) electrons. The Bertz CT molecular complexity index is 508. The molecule has 0 aromatic heterocycles. The van der Waals surface area contributed by atoms with E-state index in [1.54, 1.807) is 0 Å². The molecule has 2 amide bonds. The maximum atomic E-state index is 13.0. The number of aliphatic carboxylic acids is 1. The molecular weight excluding hydrogens is 255 g/mol. The largest absolute Gasteiger partial charge is 0.480 e. The van der Waals surface area contributed by atoms with E-state index in [1.807, 2.05) is 0 Å². The normalized spacial score (nSPS) is 22.3. The van der Waals surface area contributed by atoms with Crippen molar-refractivity contribution in [2.24, 2.45) is 0 Å². The molecule has 1 aliphatic rings. The average molecular weight is 268 g/mol. The van der Waals surface area contributed by atoms with Gasteiger partial charge in [-0.3, -0.25) is 0 Å². The minimum atomic E-state index is -1.18. The topological polar surface area (TPSA) is 89.9 Å². The summed E-state index contributed by atoms with van der Waals surface area (Å²) in [5.74, 6) is -1.68. The molecule has 1 aliphatic heterocycles. The van der Waals surface area contributed by atoms with Crippen LogP contribution in [0.25, 0.3) is 0 Å². The Hall–Kier alpha value is -2.15. The lowest BCUT2D eigenvalue weighted by molar-refractivity contribution is -0.141. The van der Waals surface area contributed by atoms with Crippen LogP contribution < -0.4 is 5.32 Å². The Balaban J connectivity index is 2.09. The lowest BCUT2D eigenvalue weighted by Crippen LogP contribution is -2.43. The zero-order valence-electron chi connectivity index (χ0n) is 9.91. The molecule has 0 saturated carbocycles. The number of amides is 2. The second-order valence-corrected chi connectivity index (χ2v) is 4.34. The van der Waals surface area contributed by atoms with E-state index < -0.39 is 30.0 Å². The van der Waals surface area contributed by atoms with Gasteiger partial charge in [-0.1, -0.05) is 6.07 Å². The second-order valence-electron chi connectivity index (χ2n) is 4.34. The highest BCUT2D eigenvalue weighted by Gasteiger charge is 2.38. The van der Waals surface area contributed by atoms with Crippen LogP contribution in [0.4, 0.5) is 14.9 Å². The van der Waals surface area contributed by atoms with Crippen LogP contribution in [0.15, 0.2) is 24.3 Å². The number of β-amino-alcohol motifs (C(OH)–C–C–N with tert-alkyl or cyclic N) is 1. The fourth-order valence-electron chi connectivity index (χ4n) is 2.03. The van der Waals surface area contributed by atoms with Crippen molar-refractivity contribution in [1.29, 1.82) is 0 Å². The first-order valence-corrected chi connectivity index (χ1v) is 5.71. The van der Waals surface area contributed by atoms with Crippen LogP contribution in [-0.2, 0) is 4.79 Å². The summed E-state index contributed by atoms with van der Waals surface area (Å²) in [4.78, 5) is 23.9. The smallest absolute Gasteiger partial charge is 0.326 e. The number of halogens is 1. The summed E-state index contributed by atoms with van der Waals surface area (Å²) in [5.41, 5.74) is 0.232. The van der Waals surface area contributed by atoms with Crippen LogP contribution >= 0.6 is 0 Å². The number of hydrogen-bond donors (Lipinski definition) is 3. The van der Waals surface area contributed by atoms with Gasteiger partial charge in [-0.15, -0.1) is 0 Å². The van der Waals surface area contributed by atoms with Gasteiger partial charge < -0.3 is 20.4 Å². The summed E-state index contributed by atoms with van der Waals surface area (Å²) < 4.78 is 13.0. The van der Waals surface area contributed by atoms with E-state index in [2.05, 4.69) is 5.32 Å². The summed E-state index contributed by atoms with van der Waals surface area (Å²) in [6.07, 6.45) is -0.870. The van der Waals surface area contributed by atoms with E-state index >= 15 is 0 Å². The number of benzene rings is 1. The van der Waals surface area contributed by atoms with E-state index in [0.29, 0.717) is 0 Å². The second kappa shape index (κ2) is 5.23. The molecule has 7 heteroatoms. The molecule has 19 heavy (non-hydrogen) atoms. The number of nitrogens with zero attached hydrogens (tertiary/aromatic N) is 1. The van der Waals surface area contributed by atoms with Crippen molar-refractivity contribution in [2.75, 3.05) is 11.9 Å². The van der Waals surface area contributed by atoms with E-state index in [9.17, 15) is 19.1 Å². The van der Waals surface area contributed by atoms with Gasteiger partial charge in [-0.05, 0) is 18.2 Å². The molecular formula is C12H13FN2O4. The third kappa shape index (κ3) is 3.00. The summed E-state index contributed by atoms with van der Waals surface area (Å²) in [6.45, 7) is -0.0574. The van der Waals surface area contributed by atoms with Gasteiger partial charge in [0.2, 0.25) is 0 Å². The molecule has 3 N–H and O–H groups in total. The van der Waals surface area contributed by atoms with Crippen LogP contribution in [0, 0.1) is 5.82 Å². The Morgan fingerprint density at radius 2 is 2.16 bits per heavy atom. The lowest BCUT2D eigenvalue weighted by atomic mass is 10.2. The summed E-state index contributed by atoms with van der Waals surface area (Å²) in [7, 11) is 0. The van der Waals surface area contributed by atoms with Crippen molar-refractivity contribution in [2.45, 2.75) is 18.6 Å². The van der Waals surface area contributed by atoms with E-state index in [4.69, 9.17) is 5.11 Å². The monoisotopic (exact) mass is 268 g/mol. The number of carbonyl (C=O) groups excluding carboxylic acids is 1. The molecule has 102 valence electrons. The summed E-state index contributed by atoms with van der Waals surface area (Å²) in [5, 5.41) is 20.8. The van der Waals surface area contributed by atoms with E-state index in [1.165, 1.54) is 18.2 Å². The maximum Gasteiger partial charge on any atom is 0.326 e. The predicted molar refractivity (Wildman–Crippen MR) is 64.2 cm³/mol. The number of carboxylic acid groups (broad SMARTS) is 1. The molecule has 1 heterocycles. The van der Waals surface area contributed by atoms with Crippen molar-refractivity contribution >= 4 is 17.7 Å². The molecule has 2 atom stereocenters. The first-order chi connectivity index (χ1) is 8.97. The van der Waals surface area contributed by atoms with Gasteiger partial charge in [0.1, 0.15) is 11.9 Å². The predicted octanol–water partition coefficient (Wildman–Crippen LogP) is 0.877. The highest BCUT2D eigenvalue weighted by atomic mass is 19.1. The zero-order valence-corrected chi connectivity index (χ0v) is 9.91. The zero-order chi connectivity index (χ0) is 14.0. The number of aliphatic hydroxyl groups is 1. The number of anilines is 1. The lowest BCUT2D eigenvalue weighted by Gasteiger charge is -2.21. The average Bonchev–Trinajstić information content (AvgIpc) is 2.71. The van der Waals surface area contributed by atoms with Crippen molar-refractivity contribution < 1.29 is 24.2 Å². The minimum absolute atomic E-state index is 0.00803. The van der Waals surface area contributed by atoms with Crippen molar-refractivity contribution in [3.63, 3.8) is 0 Å². The van der Waals surface area contributed by atoms with E-state index in [0.717, 1.165) is 11.0 Å². The molecule has 0 aliphatic carbocycles. The van der Waals surface area contributed by atoms with Gasteiger partial charge in [0, 0.05) is 18.7 Å². The number of hydrogen-bond acceptors (Lipinski definition) is 3.